The number of aryl methyl sites for hydroxylation is 3. The molecule has 1 aromatic heterocycles. The van der Waals surface area contributed by atoms with E-state index >= 15 is 0 Å². The number of carboxylic acids is 1. The third-order valence-electron chi connectivity index (χ3n) is 3.84. The van der Waals surface area contributed by atoms with Gasteiger partial charge in [-0.15, -0.1) is 0 Å². The third kappa shape index (κ3) is 2.01. The Morgan fingerprint density at radius 3 is 2.67 bits per heavy atom. The van der Waals surface area contributed by atoms with E-state index < -0.39 is 5.97 Å². The summed E-state index contributed by atoms with van der Waals surface area (Å²) in [5, 5.41) is 9.97. The monoisotopic (exact) mass is 243 g/mol. The molecular weight excluding hydrogens is 226 g/mol. The van der Waals surface area contributed by atoms with Crippen molar-refractivity contribution in [1.29, 1.82) is 0 Å². The standard InChI is InChI=1S/C15H17NO2/c17-15(18)6-5-12-9-16-14-8-11-4-2-1-3-10(11)7-13(12)14/h7-9,16H,1-6H2,(H,17,18). The third-order valence-corrected chi connectivity index (χ3v) is 3.84. The van der Waals surface area contributed by atoms with Crippen LogP contribution in [-0.2, 0) is 24.1 Å². The lowest BCUT2D eigenvalue weighted by Crippen LogP contribution is -2.02. The second-order valence-corrected chi connectivity index (χ2v) is 5.08. The zero-order chi connectivity index (χ0) is 12.5. The molecule has 0 radical (unpaired) electrons. The first kappa shape index (κ1) is 11.3. The van der Waals surface area contributed by atoms with Crippen LogP contribution in [0.15, 0.2) is 18.3 Å². The Morgan fingerprint density at radius 2 is 1.94 bits per heavy atom. The van der Waals surface area contributed by atoms with Gasteiger partial charge < -0.3 is 10.1 Å². The lowest BCUT2D eigenvalue weighted by Gasteiger charge is -2.15. The van der Waals surface area contributed by atoms with Crippen molar-refractivity contribution < 1.29 is 9.90 Å². The Morgan fingerprint density at radius 1 is 1.22 bits per heavy atom. The SMILES string of the molecule is O=C(O)CCc1c[nH]c2cc3c(cc12)CCCC3. The van der Waals surface area contributed by atoms with Gasteiger partial charge in [0.15, 0.2) is 0 Å². The number of benzene rings is 1. The van der Waals surface area contributed by atoms with Gasteiger partial charge in [0.2, 0.25) is 0 Å². The summed E-state index contributed by atoms with van der Waals surface area (Å²) in [7, 11) is 0. The van der Waals surface area contributed by atoms with Crippen LogP contribution >= 0.6 is 0 Å². The highest BCUT2D eigenvalue weighted by molar-refractivity contribution is 5.85. The normalized spacial score (nSPS) is 14.7. The minimum Gasteiger partial charge on any atom is -0.481 e. The molecule has 1 heterocycles. The van der Waals surface area contributed by atoms with Gasteiger partial charge in [-0.05, 0) is 60.9 Å². The Hall–Kier alpha value is -1.77. The number of aromatic nitrogens is 1. The quantitative estimate of drug-likeness (QED) is 0.870. The number of aromatic amines is 1. The van der Waals surface area contributed by atoms with Crippen LogP contribution in [0.5, 0.6) is 0 Å². The number of H-pyrrole nitrogens is 1. The lowest BCUT2D eigenvalue weighted by atomic mass is 9.90. The minimum absolute atomic E-state index is 0.198. The highest BCUT2D eigenvalue weighted by Gasteiger charge is 2.13. The van der Waals surface area contributed by atoms with E-state index in [1.807, 2.05) is 6.20 Å². The van der Waals surface area contributed by atoms with Crippen molar-refractivity contribution in [2.24, 2.45) is 0 Å². The van der Waals surface area contributed by atoms with Crippen LogP contribution in [0.3, 0.4) is 0 Å². The van der Waals surface area contributed by atoms with Crippen LogP contribution in [0.25, 0.3) is 10.9 Å². The maximum Gasteiger partial charge on any atom is 0.303 e. The second kappa shape index (κ2) is 4.48. The van der Waals surface area contributed by atoms with Gasteiger partial charge in [-0.2, -0.15) is 0 Å². The van der Waals surface area contributed by atoms with Crippen molar-refractivity contribution in [2.75, 3.05) is 0 Å². The van der Waals surface area contributed by atoms with Gasteiger partial charge >= 0.3 is 5.97 Å². The fourth-order valence-electron chi connectivity index (χ4n) is 2.86. The number of carbonyl (C=O) groups is 1. The molecule has 0 saturated carbocycles. The molecule has 2 aromatic rings. The summed E-state index contributed by atoms with van der Waals surface area (Å²) in [6, 6.07) is 4.51. The van der Waals surface area contributed by atoms with Crippen molar-refractivity contribution in [3.63, 3.8) is 0 Å². The molecule has 0 unspecified atom stereocenters. The van der Waals surface area contributed by atoms with E-state index in [1.54, 1.807) is 0 Å². The fraction of sp³-hybridized carbons (Fsp3) is 0.400. The summed E-state index contributed by atoms with van der Waals surface area (Å²) in [4.78, 5) is 13.9. The van der Waals surface area contributed by atoms with Gasteiger partial charge in [0.05, 0.1) is 0 Å². The van der Waals surface area contributed by atoms with E-state index in [-0.39, 0.29) is 6.42 Å². The van der Waals surface area contributed by atoms with E-state index in [0.717, 1.165) is 17.5 Å². The zero-order valence-corrected chi connectivity index (χ0v) is 10.3. The first-order valence-electron chi connectivity index (χ1n) is 6.57. The van der Waals surface area contributed by atoms with Gasteiger partial charge in [-0.1, -0.05) is 0 Å². The van der Waals surface area contributed by atoms with Crippen LogP contribution in [0.2, 0.25) is 0 Å². The van der Waals surface area contributed by atoms with Gasteiger partial charge in [0, 0.05) is 23.5 Å². The molecule has 0 saturated heterocycles. The Labute approximate surface area is 106 Å². The maximum atomic E-state index is 10.7. The van der Waals surface area contributed by atoms with Crippen molar-refractivity contribution in [3.8, 4) is 0 Å². The molecule has 0 spiro atoms. The van der Waals surface area contributed by atoms with Crippen LogP contribution in [-0.4, -0.2) is 16.1 Å². The van der Waals surface area contributed by atoms with E-state index in [1.165, 1.54) is 35.8 Å². The van der Waals surface area contributed by atoms with Crippen molar-refractivity contribution in [2.45, 2.75) is 38.5 Å². The molecule has 0 aliphatic heterocycles. The summed E-state index contributed by atoms with van der Waals surface area (Å²) < 4.78 is 0. The predicted molar refractivity (Wildman–Crippen MR) is 70.9 cm³/mol. The van der Waals surface area contributed by atoms with E-state index in [9.17, 15) is 4.79 Å². The number of hydrogen-bond donors (Lipinski definition) is 2. The van der Waals surface area contributed by atoms with Gasteiger partial charge in [0.1, 0.15) is 0 Å². The molecular formula is C15H17NO2. The maximum absolute atomic E-state index is 10.7. The zero-order valence-electron chi connectivity index (χ0n) is 10.3. The topological polar surface area (TPSA) is 53.1 Å². The van der Waals surface area contributed by atoms with Crippen molar-refractivity contribution >= 4 is 16.9 Å². The molecule has 1 aliphatic rings. The average molecular weight is 243 g/mol. The fourth-order valence-corrected chi connectivity index (χ4v) is 2.86. The molecule has 18 heavy (non-hydrogen) atoms. The minimum atomic E-state index is -0.734. The second-order valence-electron chi connectivity index (χ2n) is 5.08. The summed E-state index contributed by atoms with van der Waals surface area (Å²) >= 11 is 0. The number of nitrogens with one attached hydrogen (secondary N) is 1. The highest BCUT2D eigenvalue weighted by atomic mass is 16.4. The van der Waals surface area contributed by atoms with Crippen molar-refractivity contribution in [1.82, 2.24) is 4.98 Å². The number of rotatable bonds is 3. The van der Waals surface area contributed by atoms with Gasteiger partial charge in [-0.25, -0.2) is 0 Å². The molecule has 94 valence electrons. The molecule has 1 aliphatic carbocycles. The summed E-state index contributed by atoms with van der Waals surface area (Å²) in [6.07, 6.45) is 7.65. The van der Waals surface area contributed by atoms with Crippen LogP contribution in [0.1, 0.15) is 36.0 Å². The Kier molecular flexibility index (Phi) is 2.82. The number of aliphatic carboxylic acids is 1. The molecule has 3 nitrogen and oxygen atoms in total. The molecule has 3 rings (SSSR count). The lowest BCUT2D eigenvalue weighted by molar-refractivity contribution is -0.136. The van der Waals surface area contributed by atoms with E-state index in [2.05, 4.69) is 17.1 Å². The van der Waals surface area contributed by atoms with E-state index in [4.69, 9.17) is 5.11 Å². The largest absolute Gasteiger partial charge is 0.481 e. The summed E-state index contributed by atoms with van der Waals surface area (Å²) in [6.45, 7) is 0. The molecule has 0 bridgehead atoms. The van der Waals surface area contributed by atoms with Crippen molar-refractivity contribution in [3.05, 3.63) is 35.0 Å². The molecule has 2 N–H and O–H groups in total. The molecule has 1 aromatic carbocycles. The molecule has 0 fully saturated rings. The summed E-state index contributed by atoms with van der Waals surface area (Å²) in [5.41, 5.74) is 5.18. The molecule has 0 atom stereocenters. The number of hydrogen-bond acceptors (Lipinski definition) is 1. The number of fused-ring (bicyclic) bond motifs is 2. The smallest absolute Gasteiger partial charge is 0.303 e. The van der Waals surface area contributed by atoms with E-state index in [0.29, 0.717) is 6.42 Å². The molecule has 0 amide bonds. The van der Waals surface area contributed by atoms with Gasteiger partial charge in [-0.3, -0.25) is 4.79 Å². The van der Waals surface area contributed by atoms with Crippen LogP contribution in [0.4, 0.5) is 0 Å². The molecule has 3 heteroatoms. The predicted octanol–water partition coefficient (Wildman–Crippen LogP) is 3.06. The van der Waals surface area contributed by atoms with Crippen LogP contribution in [0, 0.1) is 0 Å². The van der Waals surface area contributed by atoms with Gasteiger partial charge in [0.25, 0.3) is 0 Å². The van der Waals surface area contributed by atoms with Crippen LogP contribution < -0.4 is 0 Å². The number of carboxylic acid groups (broad SMARTS) is 1. The Balaban J connectivity index is 1.99. The highest BCUT2D eigenvalue weighted by Crippen LogP contribution is 2.28. The summed E-state index contributed by atoms with van der Waals surface area (Å²) in [5.74, 6) is -0.734. The average Bonchev–Trinajstić information content (AvgIpc) is 2.76. The Bertz CT molecular complexity index is 598. The first-order valence-corrected chi connectivity index (χ1v) is 6.57. The first-order chi connectivity index (χ1) is 8.74.